The number of benzene rings is 2. The number of amides is 1. The molecule has 0 radical (unpaired) electrons. The van der Waals surface area contributed by atoms with Crippen molar-refractivity contribution >= 4 is 38.1 Å². The van der Waals surface area contributed by atoms with E-state index in [9.17, 15) is 13.2 Å². The lowest BCUT2D eigenvalue weighted by molar-refractivity contribution is 0.102. The van der Waals surface area contributed by atoms with Gasteiger partial charge < -0.3 is 0 Å². The lowest BCUT2D eigenvalue weighted by Crippen LogP contribution is -2.30. The molecule has 30 heavy (non-hydrogen) atoms. The first-order valence-electron chi connectivity index (χ1n) is 9.63. The minimum absolute atomic E-state index is 0.0543. The Morgan fingerprint density at radius 1 is 1.10 bits per heavy atom. The zero-order valence-electron chi connectivity index (χ0n) is 17.1. The van der Waals surface area contributed by atoms with Crippen LogP contribution >= 0.6 is 11.3 Å². The number of anilines is 2. The molecule has 0 unspecified atom stereocenters. The van der Waals surface area contributed by atoms with Gasteiger partial charge in [0.05, 0.1) is 10.6 Å². The molecule has 0 spiro atoms. The number of sulfonamides is 1. The molecule has 3 aromatic rings. The zero-order chi connectivity index (χ0) is 21.7. The van der Waals surface area contributed by atoms with Gasteiger partial charge in [-0.3, -0.25) is 14.4 Å². The number of carbonyl (C=O) groups is 1. The SMILES string of the molecule is CCN(c1ccccc1)S(=O)(=O)c1cccc(C(=O)Nc2nnc(CC(C)C)s2)c1. The fourth-order valence-electron chi connectivity index (χ4n) is 2.92. The maximum Gasteiger partial charge on any atom is 0.264 e. The molecule has 1 aromatic heterocycles. The van der Waals surface area contributed by atoms with Gasteiger partial charge >= 0.3 is 0 Å². The lowest BCUT2D eigenvalue weighted by atomic mass is 10.1. The third-order valence-electron chi connectivity index (χ3n) is 4.29. The number of nitrogens with zero attached hydrogens (tertiary/aromatic N) is 3. The van der Waals surface area contributed by atoms with E-state index in [0.717, 1.165) is 11.4 Å². The summed E-state index contributed by atoms with van der Waals surface area (Å²) in [4.78, 5) is 12.7. The predicted molar refractivity (Wildman–Crippen MR) is 119 cm³/mol. The van der Waals surface area contributed by atoms with Gasteiger partial charge in [-0.1, -0.05) is 49.4 Å². The molecular weight excluding hydrogens is 420 g/mol. The third-order valence-corrected chi connectivity index (χ3v) is 7.05. The quantitative estimate of drug-likeness (QED) is 0.562. The van der Waals surface area contributed by atoms with Crippen molar-refractivity contribution in [1.29, 1.82) is 0 Å². The molecule has 0 aliphatic rings. The van der Waals surface area contributed by atoms with Crippen LogP contribution in [0.15, 0.2) is 59.5 Å². The van der Waals surface area contributed by atoms with Crippen molar-refractivity contribution in [2.24, 2.45) is 5.92 Å². The highest BCUT2D eigenvalue weighted by molar-refractivity contribution is 7.92. The smallest absolute Gasteiger partial charge is 0.264 e. The molecule has 9 heteroatoms. The molecule has 1 amide bonds. The van der Waals surface area contributed by atoms with Crippen molar-refractivity contribution in [3.63, 3.8) is 0 Å². The molecule has 0 aliphatic heterocycles. The number of nitrogens with one attached hydrogen (secondary N) is 1. The van der Waals surface area contributed by atoms with E-state index in [0.29, 0.717) is 16.7 Å². The monoisotopic (exact) mass is 444 g/mol. The molecule has 0 saturated heterocycles. The second-order valence-electron chi connectivity index (χ2n) is 7.09. The summed E-state index contributed by atoms with van der Waals surface area (Å²) in [5, 5.41) is 12.0. The average molecular weight is 445 g/mol. The summed E-state index contributed by atoms with van der Waals surface area (Å²) >= 11 is 1.32. The fourth-order valence-corrected chi connectivity index (χ4v) is 5.38. The van der Waals surface area contributed by atoms with Crippen LogP contribution in [-0.2, 0) is 16.4 Å². The molecule has 1 heterocycles. The highest BCUT2D eigenvalue weighted by Gasteiger charge is 2.24. The Kier molecular flexibility index (Phi) is 6.84. The number of carbonyl (C=O) groups excluding carboxylic acids is 1. The molecule has 0 atom stereocenters. The van der Waals surface area contributed by atoms with Gasteiger partial charge in [0.1, 0.15) is 5.01 Å². The number of hydrogen-bond donors (Lipinski definition) is 1. The van der Waals surface area contributed by atoms with Crippen LogP contribution in [0.2, 0.25) is 0 Å². The van der Waals surface area contributed by atoms with E-state index in [-0.39, 0.29) is 17.0 Å². The second-order valence-corrected chi connectivity index (χ2v) is 10.0. The first-order chi connectivity index (χ1) is 14.3. The topological polar surface area (TPSA) is 92.3 Å². The van der Waals surface area contributed by atoms with Crippen LogP contribution in [-0.4, -0.2) is 31.1 Å². The van der Waals surface area contributed by atoms with Crippen LogP contribution in [0.1, 0.15) is 36.1 Å². The number of aromatic nitrogens is 2. The summed E-state index contributed by atoms with van der Waals surface area (Å²) in [7, 11) is -3.81. The molecule has 0 bridgehead atoms. The van der Waals surface area contributed by atoms with Crippen LogP contribution in [0.25, 0.3) is 0 Å². The number of hydrogen-bond acceptors (Lipinski definition) is 6. The molecule has 3 rings (SSSR count). The van der Waals surface area contributed by atoms with Crippen molar-refractivity contribution in [1.82, 2.24) is 10.2 Å². The summed E-state index contributed by atoms with van der Waals surface area (Å²) in [6.45, 7) is 6.21. The average Bonchev–Trinajstić information content (AvgIpc) is 3.15. The Morgan fingerprint density at radius 3 is 2.50 bits per heavy atom. The van der Waals surface area contributed by atoms with Gasteiger partial charge in [-0.2, -0.15) is 0 Å². The van der Waals surface area contributed by atoms with E-state index in [1.807, 2.05) is 6.07 Å². The molecule has 0 aliphatic carbocycles. The van der Waals surface area contributed by atoms with E-state index in [4.69, 9.17) is 0 Å². The normalized spacial score (nSPS) is 11.5. The second kappa shape index (κ2) is 9.36. The van der Waals surface area contributed by atoms with Crippen molar-refractivity contribution in [3.05, 3.63) is 65.2 Å². The minimum atomic E-state index is -3.81. The van der Waals surface area contributed by atoms with Crippen molar-refractivity contribution in [3.8, 4) is 0 Å². The van der Waals surface area contributed by atoms with E-state index in [1.165, 1.54) is 27.8 Å². The summed E-state index contributed by atoms with van der Waals surface area (Å²) in [6, 6.07) is 14.9. The Morgan fingerprint density at radius 2 is 1.83 bits per heavy atom. The highest BCUT2D eigenvalue weighted by atomic mass is 32.2. The lowest BCUT2D eigenvalue weighted by Gasteiger charge is -2.23. The van der Waals surface area contributed by atoms with Crippen LogP contribution in [0.5, 0.6) is 0 Å². The molecule has 1 N–H and O–H groups in total. The molecule has 158 valence electrons. The van der Waals surface area contributed by atoms with Crippen molar-refractivity contribution < 1.29 is 13.2 Å². The maximum absolute atomic E-state index is 13.2. The predicted octanol–water partition coefficient (Wildman–Crippen LogP) is 4.20. The van der Waals surface area contributed by atoms with Crippen molar-refractivity contribution in [2.75, 3.05) is 16.2 Å². The molecule has 0 fully saturated rings. The summed E-state index contributed by atoms with van der Waals surface area (Å²) in [5.41, 5.74) is 0.808. The standard InChI is InChI=1S/C21H24N4O3S2/c1-4-25(17-10-6-5-7-11-17)30(27,28)18-12-8-9-16(14-18)20(26)22-21-24-23-19(29-21)13-15(2)3/h5-12,14-15H,4,13H2,1-3H3,(H,22,24,26). The third kappa shape index (κ3) is 5.03. The first-order valence-corrected chi connectivity index (χ1v) is 11.9. The highest BCUT2D eigenvalue weighted by Crippen LogP contribution is 2.24. The van der Waals surface area contributed by atoms with Gasteiger partial charge in [-0.15, -0.1) is 10.2 Å². The Balaban J connectivity index is 1.82. The number of rotatable bonds is 8. The van der Waals surface area contributed by atoms with Crippen LogP contribution < -0.4 is 9.62 Å². The van der Waals surface area contributed by atoms with Crippen LogP contribution in [0.3, 0.4) is 0 Å². The van der Waals surface area contributed by atoms with Gasteiger partial charge in [0.2, 0.25) is 5.13 Å². The first kappa shape index (κ1) is 21.9. The van der Waals surface area contributed by atoms with Gasteiger partial charge in [0.25, 0.3) is 15.9 Å². The fraction of sp³-hybridized carbons (Fsp3) is 0.286. The van der Waals surface area contributed by atoms with E-state index in [1.54, 1.807) is 43.3 Å². The molecule has 7 nitrogen and oxygen atoms in total. The van der Waals surface area contributed by atoms with Gasteiger partial charge in [0.15, 0.2) is 0 Å². The molecular formula is C21H24N4O3S2. The Hall–Kier alpha value is -2.78. The maximum atomic E-state index is 13.2. The van der Waals surface area contributed by atoms with Crippen molar-refractivity contribution in [2.45, 2.75) is 32.1 Å². The van der Waals surface area contributed by atoms with Crippen LogP contribution in [0.4, 0.5) is 10.8 Å². The number of para-hydroxylation sites is 1. The summed E-state index contributed by atoms with van der Waals surface area (Å²) in [5.74, 6) is 0.0107. The van der Waals surface area contributed by atoms with E-state index in [2.05, 4.69) is 29.4 Å². The van der Waals surface area contributed by atoms with E-state index < -0.39 is 15.9 Å². The largest absolute Gasteiger partial charge is 0.296 e. The minimum Gasteiger partial charge on any atom is -0.296 e. The summed E-state index contributed by atoms with van der Waals surface area (Å²) < 4.78 is 27.7. The molecule has 2 aromatic carbocycles. The Bertz CT molecular complexity index is 1110. The van der Waals surface area contributed by atoms with E-state index >= 15 is 0 Å². The molecule has 0 saturated carbocycles. The van der Waals surface area contributed by atoms with Crippen LogP contribution in [0, 0.1) is 5.92 Å². The van der Waals surface area contributed by atoms with Gasteiger partial charge in [-0.05, 0) is 43.2 Å². The zero-order valence-corrected chi connectivity index (χ0v) is 18.7. The van der Waals surface area contributed by atoms with Gasteiger partial charge in [0, 0.05) is 18.5 Å². The van der Waals surface area contributed by atoms with Gasteiger partial charge in [-0.25, -0.2) is 8.42 Å². The summed E-state index contributed by atoms with van der Waals surface area (Å²) in [6.07, 6.45) is 0.785. The Labute approximate surface area is 180 Å².